The fraction of sp³-hybridized carbons (Fsp3) is 0.241. The van der Waals surface area contributed by atoms with E-state index < -0.39 is 5.82 Å². The molecule has 2 heterocycles. The van der Waals surface area contributed by atoms with Gasteiger partial charge in [0.2, 0.25) is 0 Å². The number of rotatable bonds is 3. The Kier molecular flexibility index (Phi) is 5.88. The summed E-state index contributed by atoms with van der Waals surface area (Å²) in [4.78, 5) is 6.84. The van der Waals surface area contributed by atoms with Gasteiger partial charge in [-0.05, 0) is 50.5 Å². The quantitative estimate of drug-likeness (QED) is 0.397. The van der Waals surface area contributed by atoms with Gasteiger partial charge in [-0.1, -0.05) is 41.5 Å². The van der Waals surface area contributed by atoms with Crippen LogP contribution in [0.3, 0.4) is 0 Å². The average molecular weight is 467 g/mol. The van der Waals surface area contributed by atoms with Gasteiger partial charge in [-0.3, -0.25) is 4.98 Å². The molecule has 1 fully saturated rings. The molecule has 5 rings (SSSR count). The Morgan fingerprint density at radius 3 is 2.43 bits per heavy atom. The Hall–Kier alpha value is -3.95. The molecule has 1 aliphatic rings. The van der Waals surface area contributed by atoms with Gasteiger partial charge in [0.15, 0.2) is 0 Å². The molecule has 0 atom stereocenters. The van der Waals surface area contributed by atoms with Crippen molar-refractivity contribution in [3.05, 3.63) is 77.2 Å². The van der Waals surface area contributed by atoms with Crippen LogP contribution in [0.4, 0.5) is 10.1 Å². The summed E-state index contributed by atoms with van der Waals surface area (Å²) in [5.74, 6) is -0.686. The highest BCUT2D eigenvalue weighted by atomic mass is 19.1. The zero-order valence-corrected chi connectivity index (χ0v) is 19.8. The molecule has 0 aliphatic carbocycles. The monoisotopic (exact) mass is 466 g/mol. The molecule has 0 radical (unpaired) electrons. The Balaban J connectivity index is 1.81. The summed E-state index contributed by atoms with van der Waals surface area (Å²) in [5.41, 5.74) is 12.2. The van der Waals surface area contributed by atoms with Crippen LogP contribution in [0.25, 0.3) is 33.2 Å². The first-order valence-electron chi connectivity index (χ1n) is 11.8. The van der Waals surface area contributed by atoms with E-state index in [2.05, 4.69) is 28.1 Å². The van der Waals surface area contributed by atoms with E-state index in [0.717, 1.165) is 53.9 Å². The standard InChI is InChI=1S/C29H27FN4O/c1-17-12-18(2)14-20(13-17)24-16-33-25-7-6-22(23-5-3-4-19(15-31)29(23)35)27(30)26(25)28(24)34-10-8-21(32)9-11-34/h3-7,12-14,16,21,35H,8-11,32H2,1-2H3. The third-order valence-corrected chi connectivity index (χ3v) is 6.78. The molecule has 0 amide bonds. The normalized spacial score (nSPS) is 14.3. The number of aryl methyl sites for hydroxylation is 2. The molecule has 3 N–H and O–H groups in total. The highest BCUT2D eigenvalue weighted by molar-refractivity contribution is 6.02. The molecule has 1 aromatic heterocycles. The van der Waals surface area contributed by atoms with E-state index in [9.17, 15) is 10.4 Å². The molecule has 6 heteroatoms. The number of piperidine rings is 1. The van der Waals surface area contributed by atoms with E-state index in [4.69, 9.17) is 5.73 Å². The minimum Gasteiger partial charge on any atom is -0.506 e. The maximum Gasteiger partial charge on any atom is 0.142 e. The van der Waals surface area contributed by atoms with Gasteiger partial charge < -0.3 is 15.7 Å². The molecule has 1 saturated heterocycles. The van der Waals surface area contributed by atoms with Crippen molar-refractivity contribution in [1.82, 2.24) is 4.98 Å². The zero-order valence-electron chi connectivity index (χ0n) is 19.8. The van der Waals surface area contributed by atoms with Gasteiger partial charge in [0.25, 0.3) is 0 Å². The van der Waals surface area contributed by atoms with Crippen molar-refractivity contribution < 1.29 is 9.50 Å². The summed E-state index contributed by atoms with van der Waals surface area (Å²) >= 11 is 0. The van der Waals surface area contributed by atoms with Crippen LogP contribution in [-0.2, 0) is 0 Å². The summed E-state index contributed by atoms with van der Waals surface area (Å²) in [6.07, 6.45) is 3.47. The largest absolute Gasteiger partial charge is 0.506 e. The van der Waals surface area contributed by atoms with Gasteiger partial charge >= 0.3 is 0 Å². The van der Waals surface area contributed by atoms with Crippen LogP contribution < -0.4 is 10.6 Å². The van der Waals surface area contributed by atoms with Gasteiger partial charge in [-0.15, -0.1) is 0 Å². The number of halogens is 1. The molecule has 0 saturated carbocycles. The number of fused-ring (bicyclic) bond motifs is 1. The fourth-order valence-corrected chi connectivity index (χ4v) is 5.08. The zero-order chi connectivity index (χ0) is 24.7. The highest BCUT2D eigenvalue weighted by Crippen LogP contribution is 2.43. The number of phenols is 1. The lowest BCUT2D eigenvalue weighted by Gasteiger charge is -2.34. The van der Waals surface area contributed by atoms with Gasteiger partial charge in [0, 0.05) is 42.0 Å². The third kappa shape index (κ3) is 4.09. The highest BCUT2D eigenvalue weighted by Gasteiger charge is 2.26. The molecule has 0 unspecified atom stereocenters. The third-order valence-electron chi connectivity index (χ3n) is 6.78. The SMILES string of the molecule is Cc1cc(C)cc(-c2cnc3ccc(-c4cccc(C#N)c4O)c(F)c3c2N2CCC(N)CC2)c1. The Morgan fingerprint density at radius 1 is 1.03 bits per heavy atom. The Labute approximate surface area is 204 Å². The smallest absolute Gasteiger partial charge is 0.142 e. The Bertz CT molecular complexity index is 1460. The van der Waals surface area contributed by atoms with Crippen molar-refractivity contribution in [3.8, 4) is 34.1 Å². The lowest BCUT2D eigenvalue weighted by molar-refractivity contribution is 0.475. The van der Waals surface area contributed by atoms with Crippen LogP contribution >= 0.6 is 0 Å². The van der Waals surface area contributed by atoms with E-state index >= 15 is 4.39 Å². The first kappa shape index (κ1) is 22.8. The number of aromatic hydroxyl groups is 1. The molecule has 5 nitrogen and oxygen atoms in total. The number of hydrogen-bond donors (Lipinski definition) is 2. The van der Waals surface area contributed by atoms with Gasteiger partial charge in [0.05, 0.1) is 22.2 Å². The van der Waals surface area contributed by atoms with Crippen molar-refractivity contribution in [2.75, 3.05) is 18.0 Å². The van der Waals surface area contributed by atoms with Crippen LogP contribution in [0.5, 0.6) is 5.75 Å². The predicted octanol–water partition coefficient (Wildman–Crippen LogP) is 5.83. The predicted molar refractivity (Wildman–Crippen MR) is 138 cm³/mol. The van der Waals surface area contributed by atoms with Crippen LogP contribution in [0.15, 0.2) is 54.7 Å². The van der Waals surface area contributed by atoms with Crippen LogP contribution in [0.2, 0.25) is 0 Å². The van der Waals surface area contributed by atoms with E-state index in [1.165, 1.54) is 6.07 Å². The number of phenolic OH excluding ortho intramolecular Hbond substituents is 1. The minimum absolute atomic E-state index is 0.106. The number of para-hydroxylation sites is 1. The lowest BCUT2D eigenvalue weighted by atomic mass is 9.94. The molecule has 176 valence electrons. The first-order chi connectivity index (χ1) is 16.9. The van der Waals surface area contributed by atoms with Gasteiger partial charge in [-0.25, -0.2) is 4.39 Å². The summed E-state index contributed by atoms with van der Waals surface area (Å²) in [5, 5.41) is 20.4. The summed E-state index contributed by atoms with van der Waals surface area (Å²) in [6, 6.07) is 16.6. The van der Waals surface area contributed by atoms with E-state index in [-0.39, 0.29) is 28.5 Å². The molecule has 3 aromatic carbocycles. The van der Waals surface area contributed by atoms with E-state index in [1.54, 1.807) is 24.3 Å². The van der Waals surface area contributed by atoms with Crippen molar-refractivity contribution in [3.63, 3.8) is 0 Å². The molecule has 0 spiro atoms. The van der Waals surface area contributed by atoms with Crippen molar-refractivity contribution >= 4 is 16.6 Å². The number of hydrogen-bond acceptors (Lipinski definition) is 5. The first-order valence-corrected chi connectivity index (χ1v) is 11.8. The van der Waals surface area contributed by atoms with E-state index in [1.807, 2.05) is 26.1 Å². The average Bonchev–Trinajstić information content (AvgIpc) is 2.84. The van der Waals surface area contributed by atoms with Crippen LogP contribution in [0.1, 0.15) is 29.5 Å². The van der Waals surface area contributed by atoms with E-state index in [0.29, 0.717) is 10.9 Å². The number of benzene rings is 3. The molecular weight excluding hydrogens is 439 g/mol. The second kappa shape index (κ2) is 9.01. The second-order valence-corrected chi connectivity index (χ2v) is 9.36. The molecule has 0 bridgehead atoms. The molecule has 35 heavy (non-hydrogen) atoms. The van der Waals surface area contributed by atoms with Crippen molar-refractivity contribution in [2.24, 2.45) is 5.73 Å². The van der Waals surface area contributed by atoms with Crippen LogP contribution in [0, 0.1) is 31.0 Å². The maximum atomic E-state index is 16.4. The van der Waals surface area contributed by atoms with Gasteiger partial charge in [0.1, 0.15) is 17.6 Å². The maximum absolute atomic E-state index is 16.4. The summed E-state index contributed by atoms with van der Waals surface area (Å²) in [6.45, 7) is 5.54. The molecule has 1 aliphatic heterocycles. The number of nitrogens with zero attached hydrogens (tertiary/aromatic N) is 3. The summed E-state index contributed by atoms with van der Waals surface area (Å²) < 4.78 is 16.4. The van der Waals surface area contributed by atoms with Gasteiger partial charge in [-0.2, -0.15) is 5.26 Å². The molecule has 4 aromatic rings. The summed E-state index contributed by atoms with van der Waals surface area (Å²) in [7, 11) is 0. The second-order valence-electron chi connectivity index (χ2n) is 9.36. The minimum atomic E-state index is -0.462. The number of aromatic nitrogens is 1. The van der Waals surface area contributed by atoms with Crippen molar-refractivity contribution in [1.29, 1.82) is 5.26 Å². The topological polar surface area (TPSA) is 86.2 Å². The fourth-order valence-electron chi connectivity index (χ4n) is 5.08. The van der Waals surface area contributed by atoms with Crippen LogP contribution in [-0.4, -0.2) is 29.2 Å². The lowest BCUT2D eigenvalue weighted by Crippen LogP contribution is -2.40. The Morgan fingerprint density at radius 2 is 1.74 bits per heavy atom. The number of nitrogens with two attached hydrogens (primary N) is 1. The number of nitriles is 1. The van der Waals surface area contributed by atoms with Crippen molar-refractivity contribution in [2.45, 2.75) is 32.7 Å². The number of anilines is 1. The number of pyridine rings is 1. The molecular formula is C29H27FN4O.